The van der Waals surface area contributed by atoms with Gasteiger partial charge in [-0.05, 0) is 58.8 Å². The van der Waals surface area contributed by atoms with E-state index in [1.54, 1.807) is 14.2 Å². The molecular weight excluding hydrogens is 428 g/mol. The second-order valence-electron chi connectivity index (χ2n) is 8.48. The van der Waals surface area contributed by atoms with Crippen LogP contribution in [0.2, 0.25) is 0 Å². The van der Waals surface area contributed by atoms with Crippen LogP contribution in [0.1, 0.15) is 16.7 Å². The van der Waals surface area contributed by atoms with E-state index in [0.717, 1.165) is 39.9 Å². The first kappa shape index (κ1) is 21.9. The molecule has 0 saturated carbocycles. The zero-order chi connectivity index (χ0) is 23.5. The van der Waals surface area contributed by atoms with E-state index < -0.39 is 0 Å². The van der Waals surface area contributed by atoms with Crippen LogP contribution in [-0.4, -0.2) is 36.1 Å². The monoisotopic (exact) mass is 456 g/mol. The normalized spacial score (nSPS) is 12.9. The molecule has 0 bridgehead atoms. The van der Waals surface area contributed by atoms with E-state index in [4.69, 9.17) is 14.2 Å². The molecule has 174 valence electrons. The van der Waals surface area contributed by atoms with Gasteiger partial charge in [-0.2, -0.15) is 0 Å². The van der Waals surface area contributed by atoms with Crippen molar-refractivity contribution in [1.82, 2.24) is 9.47 Å². The maximum absolute atomic E-state index is 13.2. The number of ether oxygens (including phenoxy) is 3. The number of fused-ring (bicyclic) bond motifs is 2. The van der Waals surface area contributed by atoms with Crippen molar-refractivity contribution in [3.05, 3.63) is 89.6 Å². The third-order valence-corrected chi connectivity index (χ3v) is 6.37. The standard InChI is InChI=1S/C28H28N2O4/c1-32-26-14-22-11-13-30(17-23(22)15-27(26)33-2)28(31)18-29-12-10-21-8-9-24(16-25(21)29)34-19-20-6-4-3-5-7-20/h3-10,12,14-16H,11,13,17-19H2,1-2H3. The van der Waals surface area contributed by atoms with Gasteiger partial charge in [0.15, 0.2) is 11.5 Å². The Balaban J connectivity index is 1.30. The molecule has 1 aliphatic heterocycles. The van der Waals surface area contributed by atoms with Crippen molar-refractivity contribution >= 4 is 16.8 Å². The number of amides is 1. The Kier molecular flexibility index (Phi) is 6.12. The molecule has 0 atom stereocenters. The maximum atomic E-state index is 13.2. The van der Waals surface area contributed by atoms with E-state index in [0.29, 0.717) is 25.4 Å². The van der Waals surface area contributed by atoms with Crippen molar-refractivity contribution < 1.29 is 19.0 Å². The van der Waals surface area contributed by atoms with Gasteiger partial charge in [-0.3, -0.25) is 4.79 Å². The number of hydrogen-bond acceptors (Lipinski definition) is 4. The number of benzene rings is 3. The smallest absolute Gasteiger partial charge is 0.242 e. The quantitative estimate of drug-likeness (QED) is 0.400. The van der Waals surface area contributed by atoms with Crippen molar-refractivity contribution in [3.63, 3.8) is 0 Å². The molecule has 4 aromatic rings. The Labute approximate surface area is 199 Å². The summed E-state index contributed by atoms with van der Waals surface area (Å²) in [6, 6.07) is 22.1. The Morgan fingerprint density at radius 3 is 2.44 bits per heavy atom. The van der Waals surface area contributed by atoms with Crippen molar-refractivity contribution in [2.45, 2.75) is 26.1 Å². The van der Waals surface area contributed by atoms with Crippen LogP contribution in [0, 0.1) is 0 Å². The molecular formula is C28H28N2O4. The zero-order valence-corrected chi connectivity index (χ0v) is 19.5. The third-order valence-electron chi connectivity index (χ3n) is 6.37. The van der Waals surface area contributed by atoms with Gasteiger partial charge >= 0.3 is 0 Å². The van der Waals surface area contributed by atoms with Gasteiger partial charge in [-0.25, -0.2) is 0 Å². The topological polar surface area (TPSA) is 52.9 Å². The maximum Gasteiger partial charge on any atom is 0.242 e. The summed E-state index contributed by atoms with van der Waals surface area (Å²) in [5.74, 6) is 2.30. The molecule has 0 spiro atoms. The summed E-state index contributed by atoms with van der Waals surface area (Å²) in [6.07, 6.45) is 2.76. The molecule has 3 aromatic carbocycles. The molecule has 2 heterocycles. The minimum atomic E-state index is 0.0912. The fourth-order valence-corrected chi connectivity index (χ4v) is 4.47. The van der Waals surface area contributed by atoms with Crippen LogP contribution in [0.5, 0.6) is 17.2 Å². The average Bonchev–Trinajstić information content (AvgIpc) is 3.28. The molecule has 34 heavy (non-hydrogen) atoms. The lowest BCUT2D eigenvalue weighted by molar-refractivity contribution is -0.132. The van der Waals surface area contributed by atoms with Gasteiger partial charge in [0.2, 0.25) is 5.91 Å². The van der Waals surface area contributed by atoms with Gasteiger partial charge in [0.05, 0.1) is 19.7 Å². The van der Waals surface area contributed by atoms with Crippen molar-refractivity contribution in [3.8, 4) is 17.2 Å². The molecule has 5 rings (SSSR count). The van der Waals surface area contributed by atoms with Crippen LogP contribution in [0.3, 0.4) is 0 Å². The highest BCUT2D eigenvalue weighted by Crippen LogP contribution is 2.33. The third kappa shape index (κ3) is 4.44. The van der Waals surface area contributed by atoms with Gasteiger partial charge in [0.25, 0.3) is 0 Å². The van der Waals surface area contributed by atoms with E-state index in [1.807, 2.05) is 82.4 Å². The molecule has 0 fully saturated rings. The molecule has 1 aliphatic rings. The highest BCUT2D eigenvalue weighted by Gasteiger charge is 2.23. The SMILES string of the molecule is COc1cc2c(cc1OC)CN(C(=O)Cn1ccc3ccc(OCc4ccccc4)cc31)CC2. The highest BCUT2D eigenvalue weighted by atomic mass is 16.5. The zero-order valence-electron chi connectivity index (χ0n) is 19.5. The number of carbonyl (C=O) groups is 1. The van der Waals surface area contributed by atoms with Gasteiger partial charge < -0.3 is 23.7 Å². The summed E-state index contributed by atoms with van der Waals surface area (Å²) in [4.78, 5) is 15.1. The summed E-state index contributed by atoms with van der Waals surface area (Å²) in [5.41, 5.74) is 4.41. The molecule has 1 aromatic heterocycles. The summed E-state index contributed by atoms with van der Waals surface area (Å²) in [5, 5.41) is 1.08. The van der Waals surface area contributed by atoms with Crippen LogP contribution in [-0.2, 0) is 30.9 Å². The lowest BCUT2D eigenvalue weighted by Crippen LogP contribution is -2.37. The number of nitrogens with zero attached hydrogens (tertiary/aromatic N) is 2. The largest absolute Gasteiger partial charge is 0.493 e. The second-order valence-corrected chi connectivity index (χ2v) is 8.48. The average molecular weight is 457 g/mol. The molecule has 0 unspecified atom stereocenters. The number of rotatable bonds is 7. The minimum absolute atomic E-state index is 0.0912. The Morgan fingerprint density at radius 2 is 1.68 bits per heavy atom. The van der Waals surface area contributed by atoms with E-state index in [9.17, 15) is 4.79 Å². The van der Waals surface area contributed by atoms with Crippen molar-refractivity contribution in [2.75, 3.05) is 20.8 Å². The second kappa shape index (κ2) is 9.51. The fourth-order valence-electron chi connectivity index (χ4n) is 4.47. The van der Waals surface area contributed by atoms with E-state index in [2.05, 4.69) is 0 Å². The molecule has 0 radical (unpaired) electrons. The predicted molar refractivity (Wildman–Crippen MR) is 131 cm³/mol. The van der Waals surface area contributed by atoms with Crippen LogP contribution >= 0.6 is 0 Å². The molecule has 6 nitrogen and oxygen atoms in total. The van der Waals surface area contributed by atoms with Gasteiger partial charge in [-0.1, -0.05) is 30.3 Å². The molecule has 0 saturated heterocycles. The molecule has 0 aliphatic carbocycles. The van der Waals surface area contributed by atoms with Gasteiger partial charge in [0, 0.05) is 25.4 Å². The first-order chi connectivity index (χ1) is 16.6. The van der Waals surface area contributed by atoms with Crippen molar-refractivity contribution in [2.24, 2.45) is 0 Å². The number of methoxy groups -OCH3 is 2. The molecule has 6 heteroatoms. The lowest BCUT2D eigenvalue weighted by Gasteiger charge is -2.30. The van der Waals surface area contributed by atoms with Crippen LogP contribution < -0.4 is 14.2 Å². The summed E-state index contributed by atoms with van der Waals surface area (Å²) in [7, 11) is 3.27. The van der Waals surface area contributed by atoms with Gasteiger partial charge in [0.1, 0.15) is 18.9 Å². The Bertz CT molecular complexity index is 1310. The fraction of sp³-hybridized carbons (Fsp3) is 0.250. The predicted octanol–water partition coefficient (Wildman–Crippen LogP) is 4.82. The summed E-state index contributed by atoms with van der Waals surface area (Å²) in [6.45, 7) is 2.05. The van der Waals surface area contributed by atoms with E-state index in [-0.39, 0.29) is 12.5 Å². The van der Waals surface area contributed by atoms with Crippen molar-refractivity contribution in [1.29, 1.82) is 0 Å². The number of aromatic nitrogens is 1. The van der Waals surface area contributed by atoms with Gasteiger partial charge in [-0.15, -0.1) is 0 Å². The Hall–Kier alpha value is -3.93. The summed E-state index contributed by atoms with van der Waals surface area (Å²) >= 11 is 0. The first-order valence-corrected chi connectivity index (χ1v) is 11.4. The lowest BCUT2D eigenvalue weighted by atomic mass is 9.98. The van der Waals surface area contributed by atoms with Crippen LogP contribution in [0.25, 0.3) is 10.9 Å². The van der Waals surface area contributed by atoms with Crippen LogP contribution in [0.15, 0.2) is 72.9 Å². The minimum Gasteiger partial charge on any atom is -0.493 e. The highest BCUT2D eigenvalue weighted by molar-refractivity contribution is 5.84. The summed E-state index contributed by atoms with van der Waals surface area (Å²) < 4.78 is 18.9. The van der Waals surface area contributed by atoms with E-state index in [1.165, 1.54) is 5.56 Å². The van der Waals surface area contributed by atoms with E-state index >= 15 is 0 Å². The molecule has 1 amide bonds. The first-order valence-electron chi connectivity index (χ1n) is 11.4. The van der Waals surface area contributed by atoms with Crippen LogP contribution in [0.4, 0.5) is 0 Å². The Morgan fingerprint density at radius 1 is 0.912 bits per heavy atom. The number of carbonyl (C=O) groups excluding carboxylic acids is 1. The molecule has 0 N–H and O–H groups in total. The number of hydrogen-bond donors (Lipinski definition) is 0.